The van der Waals surface area contributed by atoms with Crippen LogP contribution in [-0.2, 0) is 0 Å². The first-order valence-corrected chi connectivity index (χ1v) is 5.28. The molecule has 0 aromatic carbocycles. The summed E-state index contributed by atoms with van der Waals surface area (Å²) in [6.45, 7) is 0. The van der Waals surface area contributed by atoms with Gasteiger partial charge in [0.05, 0.1) is 0 Å². The van der Waals surface area contributed by atoms with Crippen LogP contribution in [0.4, 0.5) is 0 Å². The van der Waals surface area contributed by atoms with Gasteiger partial charge in [-0.2, -0.15) is 0 Å². The van der Waals surface area contributed by atoms with Gasteiger partial charge < -0.3 is 11.5 Å². The molecule has 2 aliphatic rings. The molecule has 2 fully saturated rings. The molecule has 0 aromatic heterocycles. The summed E-state index contributed by atoms with van der Waals surface area (Å²) >= 11 is 0. The molecule has 0 spiro atoms. The highest BCUT2D eigenvalue weighted by Gasteiger charge is 2.34. The molecule has 4 N–H and O–H groups in total. The van der Waals surface area contributed by atoms with E-state index in [0.29, 0.717) is 12.1 Å². The first-order chi connectivity index (χ1) is 5.77. The summed E-state index contributed by atoms with van der Waals surface area (Å²) in [5.41, 5.74) is 12.0. The number of nitrogens with two attached hydrogens (primary N) is 2. The van der Waals surface area contributed by atoms with Crippen LogP contribution in [0.5, 0.6) is 0 Å². The quantitative estimate of drug-likeness (QED) is 0.572. The Kier molecular flexibility index (Phi) is 2.37. The van der Waals surface area contributed by atoms with E-state index in [1.54, 1.807) is 0 Å². The summed E-state index contributed by atoms with van der Waals surface area (Å²) in [6.07, 6.45) is 7.68. The van der Waals surface area contributed by atoms with Crippen LogP contribution in [0, 0.1) is 11.8 Å². The third-order valence-corrected chi connectivity index (χ3v) is 3.74. The van der Waals surface area contributed by atoms with Crippen LogP contribution in [0.25, 0.3) is 0 Å². The smallest absolute Gasteiger partial charge is 0.00698 e. The van der Waals surface area contributed by atoms with Crippen molar-refractivity contribution in [2.45, 2.75) is 50.6 Å². The monoisotopic (exact) mass is 168 g/mol. The number of fused-ring (bicyclic) bond motifs is 1. The van der Waals surface area contributed by atoms with Gasteiger partial charge in [0.1, 0.15) is 0 Å². The van der Waals surface area contributed by atoms with Crippen molar-refractivity contribution in [3.05, 3.63) is 0 Å². The Labute approximate surface area is 74.7 Å². The Morgan fingerprint density at radius 2 is 1.75 bits per heavy atom. The maximum Gasteiger partial charge on any atom is 0.00698 e. The minimum atomic E-state index is 0.469. The number of hydrogen-bond acceptors (Lipinski definition) is 2. The molecule has 0 aliphatic heterocycles. The molecule has 2 aliphatic carbocycles. The lowest BCUT2D eigenvalue weighted by molar-refractivity contribution is 0.134. The van der Waals surface area contributed by atoms with Crippen molar-refractivity contribution in [3.8, 4) is 0 Å². The van der Waals surface area contributed by atoms with Gasteiger partial charge in [0.25, 0.3) is 0 Å². The molecule has 4 unspecified atom stereocenters. The standard InChI is InChI=1S/C10H20N2/c11-8-4-5-9-7(6-8)2-1-3-10(9)12/h7-10H,1-6,11-12H2. The first kappa shape index (κ1) is 8.52. The lowest BCUT2D eigenvalue weighted by Gasteiger charge is -2.41. The van der Waals surface area contributed by atoms with Crippen LogP contribution in [-0.4, -0.2) is 12.1 Å². The van der Waals surface area contributed by atoms with E-state index in [4.69, 9.17) is 11.5 Å². The highest BCUT2D eigenvalue weighted by atomic mass is 14.7. The van der Waals surface area contributed by atoms with E-state index in [1.165, 1.54) is 38.5 Å². The summed E-state index contributed by atoms with van der Waals surface area (Å²) in [5, 5.41) is 0. The van der Waals surface area contributed by atoms with E-state index in [9.17, 15) is 0 Å². The van der Waals surface area contributed by atoms with E-state index < -0.39 is 0 Å². The van der Waals surface area contributed by atoms with Crippen LogP contribution in [0.1, 0.15) is 38.5 Å². The molecule has 70 valence electrons. The van der Waals surface area contributed by atoms with Crippen molar-refractivity contribution in [1.82, 2.24) is 0 Å². The zero-order valence-corrected chi connectivity index (χ0v) is 7.71. The molecule has 2 rings (SSSR count). The highest BCUT2D eigenvalue weighted by Crippen LogP contribution is 2.39. The summed E-state index contributed by atoms with van der Waals surface area (Å²) in [6, 6.07) is 0.952. The second-order valence-electron chi connectivity index (χ2n) is 4.59. The molecular weight excluding hydrogens is 148 g/mol. The highest BCUT2D eigenvalue weighted by molar-refractivity contribution is 4.90. The normalized spacial score (nSPS) is 48.5. The van der Waals surface area contributed by atoms with Gasteiger partial charge in [-0.25, -0.2) is 0 Å². The topological polar surface area (TPSA) is 52.0 Å². The van der Waals surface area contributed by atoms with Crippen LogP contribution >= 0.6 is 0 Å². The van der Waals surface area contributed by atoms with Crippen LogP contribution in [0.3, 0.4) is 0 Å². The predicted molar refractivity (Wildman–Crippen MR) is 50.6 cm³/mol. The van der Waals surface area contributed by atoms with E-state index >= 15 is 0 Å². The Morgan fingerprint density at radius 3 is 2.58 bits per heavy atom. The maximum atomic E-state index is 6.09. The largest absolute Gasteiger partial charge is 0.328 e. The zero-order chi connectivity index (χ0) is 8.55. The third-order valence-electron chi connectivity index (χ3n) is 3.74. The van der Waals surface area contributed by atoms with Crippen LogP contribution < -0.4 is 11.5 Å². The van der Waals surface area contributed by atoms with Gasteiger partial charge >= 0.3 is 0 Å². The van der Waals surface area contributed by atoms with E-state index in [2.05, 4.69) is 0 Å². The summed E-state index contributed by atoms with van der Waals surface area (Å²) < 4.78 is 0. The molecule has 0 amide bonds. The molecule has 12 heavy (non-hydrogen) atoms. The summed E-state index contributed by atoms with van der Waals surface area (Å²) in [4.78, 5) is 0. The fourth-order valence-corrected chi connectivity index (χ4v) is 3.05. The van der Waals surface area contributed by atoms with Gasteiger partial charge in [-0.15, -0.1) is 0 Å². The maximum absolute atomic E-state index is 6.09. The average Bonchev–Trinajstić information content (AvgIpc) is 2.04. The lowest BCUT2D eigenvalue weighted by atomic mass is 9.67. The van der Waals surface area contributed by atoms with E-state index in [1.807, 2.05) is 0 Å². The molecule has 2 nitrogen and oxygen atoms in total. The molecule has 0 saturated heterocycles. The lowest BCUT2D eigenvalue weighted by Crippen LogP contribution is -2.44. The SMILES string of the molecule is NC1CCC2C(N)CCCC2C1. The Balaban J connectivity index is 1.99. The van der Waals surface area contributed by atoms with Crippen molar-refractivity contribution in [1.29, 1.82) is 0 Å². The van der Waals surface area contributed by atoms with Crippen molar-refractivity contribution in [3.63, 3.8) is 0 Å². The van der Waals surface area contributed by atoms with Gasteiger partial charge in [-0.3, -0.25) is 0 Å². The van der Waals surface area contributed by atoms with E-state index in [0.717, 1.165) is 11.8 Å². The second kappa shape index (κ2) is 3.35. The molecular formula is C10H20N2. The minimum absolute atomic E-state index is 0.469. The zero-order valence-electron chi connectivity index (χ0n) is 7.71. The van der Waals surface area contributed by atoms with Gasteiger partial charge in [0, 0.05) is 12.1 Å². The summed E-state index contributed by atoms with van der Waals surface area (Å²) in [7, 11) is 0. The summed E-state index contributed by atoms with van der Waals surface area (Å²) in [5.74, 6) is 1.66. The molecule has 4 atom stereocenters. The first-order valence-electron chi connectivity index (χ1n) is 5.28. The molecule has 0 bridgehead atoms. The van der Waals surface area contributed by atoms with Crippen molar-refractivity contribution >= 4 is 0 Å². The van der Waals surface area contributed by atoms with Crippen LogP contribution in [0.2, 0.25) is 0 Å². The number of rotatable bonds is 0. The fraction of sp³-hybridized carbons (Fsp3) is 1.00. The minimum Gasteiger partial charge on any atom is -0.328 e. The molecule has 0 aromatic rings. The van der Waals surface area contributed by atoms with Gasteiger partial charge in [-0.1, -0.05) is 12.8 Å². The van der Waals surface area contributed by atoms with Gasteiger partial charge in [0.2, 0.25) is 0 Å². The van der Waals surface area contributed by atoms with Crippen molar-refractivity contribution in [2.75, 3.05) is 0 Å². The molecule has 0 heterocycles. The van der Waals surface area contributed by atoms with Gasteiger partial charge in [-0.05, 0) is 37.5 Å². The Bertz CT molecular complexity index is 158. The second-order valence-corrected chi connectivity index (χ2v) is 4.59. The fourth-order valence-electron chi connectivity index (χ4n) is 3.05. The predicted octanol–water partition coefficient (Wildman–Crippen LogP) is 1.24. The number of hydrogen-bond donors (Lipinski definition) is 2. The molecule has 0 radical (unpaired) electrons. The molecule has 2 saturated carbocycles. The Morgan fingerprint density at radius 1 is 0.917 bits per heavy atom. The Hall–Kier alpha value is -0.0800. The van der Waals surface area contributed by atoms with Crippen molar-refractivity contribution < 1.29 is 0 Å². The van der Waals surface area contributed by atoms with Gasteiger partial charge in [0.15, 0.2) is 0 Å². The van der Waals surface area contributed by atoms with Crippen LogP contribution in [0.15, 0.2) is 0 Å². The average molecular weight is 168 g/mol. The third kappa shape index (κ3) is 1.50. The van der Waals surface area contributed by atoms with E-state index in [-0.39, 0.29) is 0 Å². The molecule has 2 heteroatoms. The van der Waals surface area contributed by atoms with Crippen molar-refractivity contribution in [2.24, 2.45) is 23.3 Å².